The van der Waals surface area contributed by atoms with Crippen LogP contribution in [0.2, 0.25) is 0 Å². The maximum Gasteiger partial charge on any atom is 3.00 e. The molecule has 1 unspecified atom stereocenters. The van der Waals surface area contributed by atoms with E-state index in [1.165, 1.54) is 19.1 Å². The number of hydrogen-bond acceptors (Lipinski definition) is 34. The summed E-state index contributed by atoms with van der Waals surface area (Å²) < 4.78 is 46.9. The van der Waals surface area contributed by atoms with E-state index >= 15 is 0 Å². The number of rotatable bonds is 41. The molecular weight excluding hydrogens is 1820 g/mol. The fraction of sp³-hybridized carbons (Fsp3) is 0.382. The number of aliphatic hydroxyl groups excluding tert-OH is 1. The number of aliphatic hydroxyl groups is 1. The second-order valence-corrected chi connectivity index (χ2v) is 33.3. The summed E-state index contributed by atoms with van der Waals surface area (Å²) in [6, 6.07) is 32.5. The molecular formula is C89H117FeN30O13S2. The average Bonchev–Trinajstić information content (AvgIpc) is 0.814. The minimum Gasteiger partial charge on any atom is -0.871 e. The Labute approximate surface area is 791 Å². The van der Waals surface area contributed by atoms with E-state index in [2.05, 4.69) is 166 Å². The zero-order valence-electron chi connectivity index (χ0n) is 77.6. The van der Waals surface area contributed by atoms with Crippen LogP contribution in [-0.2, 0) is 41.9 Å². The van der Waals surface area contributed by atoms with Gasteiger partial charge in [-0.05, 0) is 270 Å². The van der Waals surface area contributed by atoms with E-state index < -0.39 is 60.8 Å². The number of carbonyl (C=O) groups is 1. The summed E-state index contributed by atoms with van der Waals surface area (Å²) >= 11 is 0. The van der Waals surface area contributed by atoms with Crippen molar-refractivity contribution in [1.29, 1.82) is 0 Å². The Kier molecular flexibility index (Phi) is 43.5. The maximum absolute atomic E-state index is 13.1. The minimum absolute atomic E-state index is 0. The number of primary sulfonamides is 2. The molecule has 0 spiro atoms. The van der Waals surface area contributed by atoms with Crippen LogP contribution >= 0.6 is 0 Å². The molecule has 0 aliphatic carbocycles. The van der Waals surface area contributed by atoms with Gasteiger partial charge in [0.15, 0.2) is 11.4 Å². The molecule has 43 nitrogen and oxygen atoms in total. The smallest absolute Gasteiger partial charge is 0.871 e. The van der Waals surface area contributed by atoms with Crippen LogP contribution in [0.3, 0.4) is 0 Å². The number of nitrogens with zero attached hydrogens (tertiary/aromatic N) is 22. The third-order valence-electron chi connectivity index (χ3n) is 20.4. The molecule has 0 saturated carbocycles. The number of aromatic amines is 6. The summed E-state index contributed by atoms with van der Waals surface area (Å²) in [4.78, 5) is 66.5. The van der Waals surface area contributed by atoms with Crippen molar-refractivity contribution < 1.29 is 79.6 Å². The molecule has 46 heteroatoms. The predicted octanol–water partition coefficient (Wildman–Crippen LogP) is 13.1. The summed E-state index contributed by atoms with van der Waals surface area (Å²) in [7, 11) is -8.20. The molecule has 0 amide bonds. The molecule has 0 aliphatic heterocycles. The Bertz CT molecular complexity index is 6080. The number of nitrogens with two attached hydrogens (primary N) is 2. The van der Waals surface area contributed by atoms with Gasteiger partial charge in [-0.2, -0.15) is 46.0 Å². The van der Waals surface area contributed by atoms with Crippen molar-refractivity contribution in [1.82, 2.24) is 49.5 Å². The number of aromatic hydroxyl groups is 3. The van der Waals surface area contributed by atoms with Crippen molar-refractivity contribution in [2.24, 2.45) is 102 Å². The Morgan fingerprint density at radius 2 is 0.674 bits per heavy atom. The zero-order chi connectivity index (χ0) is 97.6. The van der Waals surface area contributed by atoms with Gasteiger partial charge >= 0.3 is 23.0 Å². The van der Waals surface area contributed by atoms with Crippen LogP contribution in [0.4, 0.5) is 79.6 Å². The van der Waals surface area contributed by atoms with Gasteiger partial charge in [-0.25, -0.2) is 41.9 Å². The molecule has 2 aromatic heterocycles. The number of carboxylic acid groups (broad SMARTS) is 1. The number of phenolic OH excluding ortho intramolecular Hbond substituents is 3. The normalized spacial score (nSPS) is 12.8. The van der Waals surface area contributed by atoms with Gasteiger partial charge in [-0.15, -0.1) is 15.3 Å². The van der Waals surface area contributed by atoms with E-state index in [9.17, 15) is 52.3 Å². The van der Waals surface area contributed by atoms with Gasteiger partial charge in [-0.1, -0.05) is 96.9 Å². The summed E-state index contributed by atoms with van der Waals surface area (Å²) in [6.45, 7) is 40.1. The molecule has 0 aliphatic rings. The summed E-state index contributed by atoms with van der Waals surface area (Å²) in [5, 5.41) is 145. The Hall–Kier alpha value is -13.4. The van der Waals surface area contributed by atoms with Crippen LogP contribution < -0.4 is 59.3 Å². The summed E-state index contributed by atoms with van der Waals surface area (Å²) in [6.07, 6.45) is 2.43. The minimum atomic E-state index is -4.12. The molecule has 10 rings (SSSR count). The molecule has 10 aromatic rings. The number of H-pyrrole nitrogens is 6. The van der Waals surface area contributed by atoms with Gasteiger partial charge in [0.1, 0.15) is 29.0 Å². The Balaban J connectivity index is 0.000000344. The first-order valence-electron chi connectivity index (χ1n) is 43.5. The molecule has 1 radical (unpaired) electrons. The van der Waals surface area contributed by atoms with Gasteiger partial charge in [-0.3, -0.25) is 49.9 Å². The largest absolute Gasteiger partial charge is 3.00 e. The van der Waals surface area contributed by atoms with Crippen molar-refractivity contribution in [2.45, 2.75) is 132 Å². The molecule has 1 atom stereocenters. The number of aryl methyl sites for hydroxylation is 4. The van der Waals surface area contributed by atoms with E-state index in [1.54, 1.807) is 44.2 Å². The number of aliphatic carboxylic acids is 1. The molecule has 8 aromatic carbocycles. The first-order chi connectivity index (χ1) is 64.0. The SMILES string of the molecule is CC(O)C(=O)O.CCN(CC)CCCN=c1[nH]c(=NCCCN(CC)CC)[nH]c(=Nc2cccc(N=Nc3cc(C)c(N=Nc4c(O)ccc(N=Nc5cc(S(N)(=O)=O)ccc5O)c4O)cc3C)c2)[nH]1.CCN(CC)CCCN=c1[nH]c(=NCCCN(CC)CC)[nH]c(=Nc2cccc(N=Nc3cc(C)c(N=Nc4c([O-])ccc(N=Nc5cc(S(N)(=O)=O)ccc5[O-])c4[O-])cc3C)c2)[nH]1.[Fe+3]. The fourth-order valence-corrected chi connectivity index (χ4v) is 13.6. The van der Waals surface area contributed by atoms with Crippen molar-refractivity contribution in [3.63, 3.8) is 0 Å². The number of phenols is 3. The van der Waals surface area contributed by atoms with Crippen molar-refractivity contribution in [3.8, 4) is 34.5 Å². The molecule has 2 heterocycles. The maximum atomic E-state index is 13.1. The van der Waals surface area contributed by atoms with Crippen molar-refractivity contribution >= 4 is 106 Å². The molecule has 721 valence electrons. The standard InChI is InChI=1S/2C43H57N15O5S.C3H6O3.Fe/c2*1-7-57(8-2)22-12-20-45-41-48-42(46-21-13-23-58(9-3)10-4)50-43(49-41)47-30-14-11-15-31(26-30)51-53-34-24-29(6)35(25-28(34)5)54-56-39-38(60)19-17-33(40(39)61)52-55-36-27-32(64(44,62)63)16-18-37(36)59;1-2(4)3(5)6;/h2*11,14-19,24-27,59-61H,7-10,12-13,20-23H2,1-6H3,(H2,44,62,63)(H3,45,46,47,48,49,50);2,4H,1H3,(H,5,6);/q;;;+3/p-3. The average molecular weight is 1940 g/mol. The number of carboxylic acids is 1. The number of hydrogen-bond donors (Lipinski definition) is 13. The van der Waals surface area contributed by atoms with Gasteiger partial charge in [0.05, 0.1) is 72.4 Å². The van der Waals surface area contributed by atoms with E-state index in [0.717, 1.165) is 158 Å². The number of sulfonamides is 2. The van der Waals surface area contributed by atoms with Gasteiger partial charge in [0.25, 0.3) is 0 Å². The van der Waals surface area contributed by atoms with E-state index in [1.807, 2.05) is 56.3 Å². The number of azo groups is 6. The Morgan fingerprint density at radius 1 is 0.370 bits per heavy atom. The van der Waals surface area contributed by atoms with Crippen LogP contribution in [0.1, 0.15) is 110 Å². The third kappa shape index (κ3) is 34.9. The van der Waals surface area contributed by atoms with E-state index in [-0.39, 0.29) is 66.8 Å². The third-order valence-corrected chi connectivity index (χ3v) is 22.3. The molecule has 0 fully saturated rings. The van der Waals surface area contributed by atoms with Crippen LogP contribution in [0, 0.1) is 27.7 Å². The van der Waals surface area contributed by atoms with Gasteiger partial charge < -0.3 is 60.5 Å². The van der Waals surface area contributed by atoms with E-state index in [4.69, 9.17) is 50.4 Å². The van der Waals surface area contributed by atoms with Gasteiger partial charge in [0.2, 0.25) is 53.8 Å². The van der Waals surface area contributed by atoms with Crippen LogP contribution in [-0.4, -0.2) is 209 Å². The molecule has 0 bridgehead atoms. The van der Waals surface area contributed by atoms with Crippen LogP contribution in [0.15, 0.2) is 235 Å². The number of aromatic nitrogens is 6. The molecule has 135 heavy (non-hydrogen) atoms. The van der Waals surface area contributed by atoms with Crippen LogP contribution in [0.25, 0.3) is 0 Å². The van der Waals surface area contributed by atoms with Gasteiger partial charge in [0, 0.05) is 26.2 Å². The monoisotopic (exact) mass is 1930 g/mol. The number of benzene rings is 8. The second kappa shape index (κ2) is 54.1. The summed E-state index contributed by atoms with van der Waals surface area (Å²) in [5.74, 6) is -4.76. The van der Waals surface area contributed by atoms with E-state index in [0.29, 0.717) is 122 Å². The topological polar surface area (TPSA) is 638 Å². The zero-order valence-corrected chi connectivity index (χ0v) is 80.3. The second-order valence-electron chi connectivity index (χ2n) is 30.1. The molecule has 0 saturated heterocycles. The quantitative estimate of drug-likeness (QED) is 0.00961. The first-order valence-corrected chi connectivity index (χ1v) is 46.6. The van der Waals surface area contributed by atoms with Crippen LogP contribution in [0.5, 0.6) is 34.5 Å². The van der Waals surface area contributed by atoms with Crippen molar-refractivity contribution in [3.05, 3.63) is 189 Å². The fourth-order valence-electron chi connectivity index (χ4n) is 12.5. The number of nitrogens with one attached hydrogen (secondary N) is 6. The molecule has 15 N–H and O–H groups in total. The Morgan fingerprint density at radius 3 is 1.05 bits per heavy atom. The van der Waals surface area contributed by atoms with Crippen molar-refractivity contribution in [2.75, 3.05) is 105 Å². The summed E-state index contributed by atoms with van der Waals surface area (Å²) in [5.41, 5.74) is 8.41. The predicted molar refractivity (Wildman–Crippen MR) is 502 cm³/mol. The first kappa shape index (κ1) is 109.